The molecule has 18 rings (SSSR count). The Hall–Kier alpha value is -11.1. The van der Waals surface area contributed by atoms with Gasteiger partial charge in [-0.25, -0.2) is 93.7 Å². The minimum Gasteiger partial charge on any atom is -0.343 e. The number of amides is 4. The van der Waals surface area contributed by atoms with Crippen molar-refractivity contribution in [2.45, 2.75) is 235 Å². The summed E-state index contributed by atoms with van der Waals surface area (Å²) in [6.45, 7) is 18.5. The number of hydrogen-bond donors (Lipinski definition) is 0. The van der Waals surface area contributed by atoms with Crippen molar-refractivity contribution in [3.8, 4) is 0 Å². The zero-order valence-electron chi connectivity index (χ0n) is 82.0. The Kier molecular flexibility index (Phi) is 42.4. The average molecular weight is 1990 g/mol. The third-order valence-corrected chi connectivity index (χ3v) is 28.5. The average Bonchev–Trinajstić information content (AvgIpc) is 1.53. The second-order valence-electron chi connectivity index (χ2n) is 38.7. The number of carbonyl (C=O) groups excluding carboxylic acids is 4. The molecule has 0 saturated carbocycles. The molecule has 5 aromatic carbocycles. The predicted octanol–water partition coefficient (Wildman–Crippen LogP) is 19.7. The van der Waals surface area contributed by atoms with E-state index in [1.165, 1.54) is 126 Å². The molecule has 22 nitrogen and oxygen atoms in total. The largest absolute Gasteiger partial charge is 0.343 e. The maximum atomic E-state index is 13.5. The van der Waals surface area contributed by atoms with Gasteiger partial charge in [-0.15, -0.1) is 0 Å². The zero-order chi connectivity index (χ0) is 100. The summed E-state index contributed by atoms with van der Waals surface area (Å²) in [7, 11) is 0. The van der Waals surface area contributed by atoms with E-state index in [1.807, 2.05) is 58.7 Å². The molecule has 10 aromatic rings. The highest BCUT2D eigenvalue weighted by Gasteiger charge is 2.32. The molecule has 8 aliphatic rings. The van der Waals surface area contributed by atoms with Gasteiger partial charge < -0.3 is 34.3 Å². The van der Waals surface area contributed by atoms with Gasteiger partial charge >= 0.3 is 0 Å². The molecule has 8 saturated heterocycles. The highest BCUT2D eigenvalue weighted by molar-refractivity contribution is 7.99. The molecule has 8 aliphatic heterocycles. The normalized spacial score (nSPS) is 17.5. The van der Waals surface area contributed by atoms with Crippen LogP contribution in [0.1, 0.15) is 261 Å². The van der Waals surface area contributed by atoms with Crippen LogP contribution in [0, 0.1) is 58.2 Å². The van der Waals surface area contributed by atoms with E-state index in [0.717, 1.165) is 301 Å². The summed E-state index contributed by atoms with van der Waals surface area (Å²) in [5.74, 6) is -2.40. The molecule has 143 heavy (non-hydrogen) atoms. The summed E-state index contributed by atoms with van der Waals surface area (Å²) in [6, 6.07) is 26.6. The van der Waals surface area contributed by atoms with E-state index in [2.05, 4.69) is 64.5 Å². The van der Waals surface area contributed by atoms with E-state index in [0.29, 0.717) is 97.7 Å². The first-order valence-electron chi connectivity index (χ1n) is 51.5. The fourth-order valence-corrected chi connectivity index (χ4v) is 20.9. The molecular weight excluding hydrogens is 1860 g/mol. The SMILES string of the molecule is Fc1cc(F)cc(CCCCc2ccnc(CCCN3CCCC3)n2)c1.Fc1cc(F)cc(CCCCc2ccnc(CCCN3CCCC3)n2)c1.Fc1cc(F)cc(CN2CCC(c3ccnc(CCCN4CCCC4)n3)CC2)c1.O=C(CCc1nccc(C2CCCN(C(=O)c3cc(F)cc(F)c3)C2)n1)N1CCCC1.O=C(CSc1nccc(C2CCCN(C(=O)c3cc(F)cc(F)c3)C2)n1)N1CCCC1. The van der Waals surface area contributed by atoms with E-state index >= 15 is 0 Å². The highest BCUT2D eigenvalue weighted by Crippen LogP contribution is 2.33. The standard InChI is InChI=1S/C23H26F2N4O2.C23H30F2N4.C22H24F2N4O2S.2C21H27F2N3/c24-18-12-17(13-19(25)14-18)23(31)29-11-3-4-16(15-29)20-7-8-26-21(27-20)5-6-22(30)28-9-1-2-10-28;24-20-14-18(15-21(25)16-20)17-29-12-6-19(7-13-29)22-5-8-26-23(27-22)4-3-11-28-9-1-2-10-28;23-17-10-16(11-18(24)12-17)21(30)28-9-3-4-15(13-28)19-5-6-25-22(26-19)31-14-20(29)27-7-1-2-8-27;2*22-18-14-17(15-19(23)16-18)6-1-2-7-20-9-10-24-21(25-20)8-5-13-26-11-3-4-12-26/h7-8,12-14,16H,1-6,9-11,15H2;5,8,14-16,19H,1-4,6-7,9-13,17H2;5-6,10-12,15H,1-4,7-9,13-14H2;2*9-10,14-16H,1-8,11-13H2. The third kappa shape index (κ3) is 36.0. The second-order valence-corrected chi connectivity index (χ2v) is 39.6. The highest BCUT2D eigenvalue weighted by atomic mass is 32.2. The molecule has 2 atom stereocenters. The molecule has 0 radical (unpaired) electrons. The van der Waals surface area contributed by atoms with Crippen LogP contribution in [0.25, 0.3) is 0 Å². The van der Waals surface area contributed by atoms with Gasteiger partial charge in [-0.1, -0.05) is 11.8 Å². The van der Waals surface area contributed by atoms with E-state index in [9.17, 15) is 63.1 Å². The van der Waals surface area contributed by atoms with Crippen molar-refractivity contribution in [1.82, 2.24) is 89.0 Å². The topological polar surface area (TPSA) is 223 Å². The molecule has 8 fully saturated rings. The fraction of sp³-hybridized carbons (Fsp3) is 0.509. The van der Waals surface area contributed by atoms with Crippen molar-refractivity contribution in [1.29, 1.82) is 0 Å². The number of hydrogen-bond acceptors (Lipinski definition) is 19. The Labute approximate surface area is 838 Å². The number of unbranched alkanes of at least 4 members (excludes halogenated alkanes) is 2. The number of aromatic nitrogens is 10. The first-order valence-corrected chi connectivity index (χ1v) is 52.5. The minimum atomic E-state index is -0.766. The Bertz CT molecular complexity index is 5350. The van der Waals surface area contributed by atoms with E-state index in [-0.39, 0.29) is 46.6 Å². The molecule has 0 N–H and O–H groups in total. The zero-order valence-corrected chi connectivity index (χ0v) is 82.8. The first-order chi connectivity index (χ1) is 69.5. The second kappa shape index (κ2) is 56.4. The van der Waals surface area contributed by atoms with Gasteiger partial charge in [0.15, 0.2) is 5.16 Å². The van der Waals surface area contributed by atoms with Gasteiger partial charge in [-0.2, -0.15) is 0 Å². The van der Waals surface area contributed by atoms with Gasteiger partial charge in [-0.05, 0) is 353 Å². The molecule has 0 bridgehead atoms. The number of aryl methyl sites for hydroxylation is 8. The lowest BCUT2D eigenvalue weighted by atomic mass is 9.93. The van der Waals surface area contributed by atoms with Crippen LogP contribution in [0.5, 0.6) is 0 Å². The molecule has 4 amide bonds. The number of likely N-dealkylation sites (tertiary alicyclic amines) is 8. The quantitative estimate of drug-likeness (QED) is 0.0156. The molecular formula is C110H134F10N18O4S. The van der Waals surface area contributed by atoms with Gasteiger partial charge in [-0.3, -0.25) is 24.1 Å². The monoisotopic (exact) mass is 1990 g/mol. The minimum absolute atomic E-state index is 0.00717. The van der Waals surface area contributed by atoms with Gasteiger partial charge in [0.25, 0.3) is 11.8 Å². The number of thioether (sulfide) groups is 1. The van der Waals surface area contributed by atoms with Crippen LogP contribution in [-0.4, -0.2) is 243 Å². The summed E-state index contributed by atoms with van der Waals surface area (Å²) in [5.41, 5.74) is 7.06. The van der Waals surface area contributed by atoms with Gasteiger partial charge in [0.05, 0.1) is 5.75 Å². The van der Waals surface area contributed by atoms with Crippen molar-refractivity contribution in [2.24, 2.45) is 0 Å². The number of halogens is 10. The Morgan fingerprint density at radius 3 is 1.03 bits per heavy atom. The van der Waals surface area contributed by atoms with Crippen molar-refractivity contribution >= 4 is 35.4 Å². The number of nitrogens with zero attached hydrogens (tertiary/aromatic N) is 18. The van der Waals surface area contributed by atoms with Crippen LogP contribution in [0.3, 0.4) is 0 Å². The maximum Gasteiger partial charge on any atom is 0.254 e. The van der Waals surface area contributed by atoms with Crippen molar-refractivity contribution in [2.75, 3.05) is 130 Å². The molecule has 764 valence electrons. The molecule has 2 unspecified atom stereocenters. The van der Waals surface area contributed by atoms with Gasteiger partial charge in [0, 0.05) is 210 Å². The maximum absolute atomic E-state index is 13.5. The van der Waals surface area contributed by atoms with Crippen LogP contribution in [0.4, 0.5) is 43.9 Å². The van der Waals surface area contributed by atoms with Gasteiger partial charge in [0.2, 0.25) is 11.8 Å². The lowest BCUT2D eigenvalue weighted by Crippen LogP contribution is -2.39. The molecule has 5 aromatic heterocycles. The Morgan fingerprint density at radius 2 is 0.615 bits per heavy atom. The number of piperidine rings is 3. The van der Waals surface area contributed by atoms with Crippen LogP contribution in [0.2, 0.25) is 0 Å². The summed E-state index contributed by atoms with van der Waals surface area (Å²) >= 11 is 1.32. The van der Waals surface area contributed by atoms with E-state index in [1.54, 1.807) is 22.2 Å². The predicted molar refractivity (Wildman–Crippen MR) is 531 cm³/mol. The van der Waals surface area contributed by atoms with Crippen molar-refractivity contribution in [3.05, 3.63) is 290 Å². The van der Waals surface area contributed by atoms with Crippen molar-refractivity contribution < 1.29 is 63.1 Å². The van der Waals surface area contributed by atoms with Gasteiger partial charge in [0.1, 0.15) is 81.5 Å². The molecule has 0 spiro atoms. The van der Waals surface area contributed by atoms with E-state index in [4.69, 9.17) is 4.98 Å². The summed E-state index contributed by atoms with van der Waals surface area (Å²) in [6.07, 6.45) is 40.3. The smallest absolute Gasteiger partial charge is 0.254 e. The lowest BCUT2D eigenvalue weighted by molar-refractivity contribution is -0.130. The first kappa shape index (κ1) is 108. The van der Waals surface area contributed by atoms with Crippen LogP contribution < -0.4 is 0 Å². The Balaban J connectivity index is 0.000000142. The summed E-state index contributed by atoms with van der Waals surface area (Å²) < 4.78 is 134. The van der Waals surface area contributed by atoms with E-state index < -0.39 is 58.2 Å². The van der Waals surface area contributed by atoms with Crippen LogP contribution in [-0.2, 0) is 67.5 Å². The molecule has 0 aliphatic carbocycles. The number of benzene rings is 5. The Morgan fingerprint density at radius 1 is 0.287 bits per heavy atom. The summed E-state index contributed by atoms with van der Waals surface area (Å²) in [5, 5.41) is 0.542. The van der Waals surface area contributed by atoms with Crippen LogP contribution in [0.15, 0.2) is 157 Å². The summed E-state index contributed by atoms with van der Waals surface area (Å²) in [4.78, 5) is 112. The van der Waals surface area contributed by atoms with Crippen molar-refractivity contribution in [3.63, 3.8) is 0 Å². The lowest BCUT2D eigenvalue weighted by Gasteiger charge is -2.32. The number of rotatable bonds is 35. The molecule has 33 heteroatoms. The third-order valence-electron chi connectivity index (χ3n) is 27.6. The number of carbonyl (C=O) groups is 4. The fourth-order valence-electron chi connectivity index (χ4n) is 20.2. The molecule has 13 heterocycles. The van der Waals surface area contributed by atoms with Crippen LogP contribution >= 0.6 is 11.8 Å².